The lowest BCUT2D eigenvalue weighted by Gasteiger charge is -2.16. The van der Waals surface area contributed by atoms with E-state index in [2.05, 4.69) is 5.32 Å². The Labute approximate surface area is 181 Å². The molecule has 0 bridgehead atoms. The summed E-state index contributed by atoms with van der Waals surface area (Å²) in [7, 11) is 0. The number of imide groups is 1. The van der Waals surface area contributed by atoms with Crippen LogP contribution in [0.1, 0.15) is 27.8 Å². The molecule has 4 rings (SSSR count). The van der Waals surface area contributed by atoms with E-state index in [0.717, 1.165) is 32.8 Å². The molecule has 0 spiro atoms. The molecule has 1 aliphatic rings. The molecule has 1 aliphatic heterocycles. The van der Waals surface area contributed by atoms with E-state index in [9.17, 15) is 14.0 Å². The van der Waals surface area contributed by atoms with Gasteiger partial charge in [-0.15, -0.1) is 0 Å². The Morgan fingerprint density at radius 3 is 2.06 bits per heavy atom. The highest BCUT2D eigenvalue weighted by Gasteiger charge is 2.40. The van der Waals surface area contributed by atoms with Crippen molar-refractivity contribution in [2.24, 2.45) is 0 Å². The van der Waals surface area contributed by atoms with Crippen LogP contribution in [0.3, 0.4) is 0 Å². The summed E-state index contributed by atoms with van der Waals surface area (Å²) in [5.41, 5.74) is 6.28. The van der Waals surface area contributed by atoms with Crippen LogP contribution in [0, 0.1) is 33.5 Å². The Morgan fingerprint density at radius 1 is 0.742 bits per heavy atom. The first-order valence-corrected chi connectivity index (χ1v) is 10.1. The molecule has 2 amide bonds. The molecule has 3 aromatic carbocycles. The molecule has 0 atom stereocenters. The molecule has 1 N–H and O–H groups in total. The van der Waals surface area contributed by atoms with Crippen LogP contribution >= 0.6 is 0 Å². The van der Waals surface area contributed by atoms with Crippen molar-refractivity contribution in [3.05, 3.63) is 100.0 Å². The van der Waals surface area contributed by atoms with Crippen molar-refractivity contribution < 1.29 is 14.0 Å². The van der Waals surface area contributed by atoms with E-state index in [1.165, 1.54) is 24.3 Å². The van der Waals surface area contributed by atoms with E-state index in [1.54, 1.807) is 0 Å². The highest BCUT2D eigenvalue weighted by Crippen LogP contribution is 2.35. The number of nitrogens with zero attached hydrogens (tertiary/aromatic N) is 1. The number of nitrogens with one attached hydrogen (secondary N) is 1. The maximum Gasteiger partial charge on any atom is 0.282 e. The Hall–Kier alpha value is -3.73. The fourth-order valence-corrected chi connectivity index (χ4v) is 3.82. The lowest BCUT2D eigenvalue weighted by atomic mass is 9.97. The quantitative estimate of drug-likeness (QED) is 0.577. The van der Waals surface area contributed by atoms with E-state index in [1.807, 2.05) is 64.1 Å². The number of benzene rings is 3. The second-order valence-electron chi connectivity index (χ2n) is 7.93. The van der Waals surface area contributed by atoms with Crippen LogP contribution in [0.5, 0.6) is 0 Å². The molecule has 0 aromatic heterocycles. The van der Waals surface area contributed by atoms with Gasteiger partial charge in [0.05, 0.1) is 11.3 Å². The molecule has 1 heterocycles. The van der Waals surface area contributed by atoms with Gasteiger partial charge in [0, 0.05) is 5.69 Å². The summed E-state index contributed by atoms with van der Waals surface area (Å²) < 4.78 is 13.4. The van der Waals surface area contributed by atoms with Crippen LogP contribution < -0.4 is 10.2 Å². The zero-order chi connectivity index (χ0) is 22.3. The summed E-state index contributed by atoms with van der Waals surface area (Å²) in [4.78, 5) is 28.1. The van der Waals surface area contributed by atoms with Gasteiger partial charge in [-0.25, -0.2) is 9.29 Å². The Balaban J connectivity index is 1.88. The number of hydrogen-bond acceptors (Lipinski definition) is 3. The van der Waals surface area contributed by atoms with Gasteiger partial charge >= 0.3 is 0 Å². The van der Waals surface area contributed by atoms with Crippen molar-refractivity contribution >= 4 is 28.8 Å². The third-order valence-corrected chi connectivity index (χ3v) is 5.47. The zero-order valence-corrected chi connectivity index (χ0v) is 17.9. The number of anilines is 2. The summed E-state index contributed by atoms with van der Waals surface area (Å²) in [6.45, 7) is 7.81. The number of carbonyl (C=O) groups excluding carboxylic acids is 2. The van der Waals surface area contributed by atoms with Crippen molar-refractivity contribution in [3.8, 4) is 0 Å². The smallest absolute Gasteiger partial charge is 0.282 e. The molecular weight excluding hydrogens is 391 g/mol. The summed E-state index contributed by atoms with van der Waals surface area (Å²) in [5, 5.41) is 3.23. The standard InChI is InChI=1S/C26H23FN2O2/c1-15-6-12-21(18(4)13-15)23-24(28-22-14-16(2)5-7-17(22)3)26(31)29(25(23)30)20-10-8-19(27)9-11-20/h5-14,28H,1-4H3. The molecule has 31 heavy (non-hydrogen) atoms. The fraction of sp³-hybridized carbons (Fsp3) is 0.154. The Bertz CT molecular complexity index is 1240. The van der Waals surface area contributed by atoms with Crippen LogP contribution in [-0.2, 0) is 9.59 Å². The monoisotopic (exact) mass is 414 g/mol. The number of halogens is 1. The van der Waals surface area contributed by atoms with Crippen LogP contribution in [0.25, 0.3) is 5.57 Å². The van der Waals surface area contributed by atoms with E-state index in [4.69, 9.17) is 0 Å². The Kier molecular flexibility index (Phi) is 5.19. The summed E-state index contributed by atoms with van der Waals surface area (Å²) in [5.74, 6) is -1.33. The maximum absolute atomic E-state index is 13.5. The number of carbonyl (C=O) groups is 2. The average Bonchev–Trinajstić information content (AvgIpc) is 2.96. The molecule has 0 saturated carbocycles. The van der Waals surface area contributed by atoms with Gasteiger partial charge in [-0.3, -0.25) is 9.59 Å². The van der Waals surface area contributed by atoms with E-state index in [0.29, 0.717) is 16.8 Å². The first kappa shape index (κ1) is 20.5. The first-order valence-electron chi connectivity index (χ1n) is 10.1. The maximum atomic E-state index is 13.5. The molecule has 5 heteroatoms. The van der Waals surface area contributed by atoms with Crippen LogP contribution in [0.15, 0.2) is 66.4 Å². The largest absolute Gasteiger partial charge is 0.350 e. The van der Waals surface area contributed by atoms with E-state index >= 15 is 0 Å². The first-order chi connectivity index (χ1) is 14.8. The molecular formula is C26H23FN2O2. The minimum absolute atomic E-state index is 0.218. The van der Waals surface area contributed by atoms with Crippen molar-refractivity contribution in [3.63, 3.8) is 0 Å². The topological polar surface area (TPSA) is 49.4 Å². The molecule has 0 radical (unpaired) electrons. The van der Waals surface area contributed by atoms with Gasteiger partial charge in [0.25, 0.3) is 11.8 Å². The highest BCUT2D eigenvalue weighted by molar-refractivity contribution is 6.46. The zero-order valence-electron chi connectivity index (χ0n) is 17.9. The second kappa shape index (κ2) is 7.84. The van der Waals surface area contributed by atoms with Crippen molar-refractivity contribution in [1.29, 1.82) is 0 Å². The third kappa shape index (κ3) is 3.75. The van der Waals surface area contributed by atoms with Gasteiger partial charge in [-0.2, -0.15) is 0 Å². The van der Waals surface area contributed by atoms with Crippen molar-refractivity contribution in [2.45, 2.75) is 27.7 Å². The second-order valence-corrected chi connectivity index (χ2v) is 7.93. The van der Waals surface area contributed by atoms with Gasteiger partial charge < -0.3 is 5.32 Å². The van der Waals surface area contributed by atoms with Crippen molar-refractivity contribution in [2.75, 3.05) is 10.2 Å². The molecule has 0 unspecified atom stereocenters. The number of rotatable bonds is 4. The van der Waals surface area contributed by atoms with Crippen LogP contribution in [0.2, 0.25) is 0 Å². The molecule has 0 saturated heterocycles. The number of aryl methyl sites for hydroxylation is 4. The summed E-state index contributed by atoms with van der Waals surface area (Å²) >= 11 is 0. The number of amides is 2. The van der Waals surface area contributed by atoms with Gasteiger partial charge in [0.1, 0.15) is 11.5 Å². The van der Waals surface area contributed by atoms with Gasteiger partial charge in [-0.05, 0) is 80.3 Å². The summed E-state index contributed by atoms with van der Waals surface area (Å²) in [6.07, 6.45) is 0. The minimum atomic E-state index is -0.465. The van der Waals surface area contributed by atoms with Crippen molar-refractivity contribution in [1.82, 2.24) is 0 Å². The lowest BCUT2D eigenvalue weighted by Crippen LogP contribution is -2.32. The molecule has 156 valence electrons. The van der Waals surface area contributed by atoms with Crippen LogP contribution in [-0.4, -0.2) is 11.8 Å². The van der Waals surface area contributed by atoms with Gasteiger partial charge in [0.2, 0.25) is 0 Å². The third-order valence-electron chi connectivity index (χ3n) is 5.47. The summed E-state index contributed by atoms with van der Waals surface area (Å²) in [6, 6.07) is 17.0. The lowest BCUT2D eigenvalue weighted by molar-refractivity contribution is -0.120. The molecule has 0 fully saturated rings. The minimum Gasteiger partial charge on any atom is -0.350 e. The molecule has 3 aromatic rings. The van der Waals surface area contributed by atoms with E-state index < -0.39 is 17.6 Å². The average molecular weight is 414 g/mol. The Morgan fingerprint density at radius 2 is 1.39 bits per heavy atom. The van der Waals surface area contributed by atoms with Gasteiger partial charge in [-0.1, -0.05) is 35.9 Å². The molecule has 4 nitrogen and oxygen atoms in total. The fourth-order valence-electron chi connectivity index (χ4n) is 3.82. The van der Waals surface area contributed by atoms with Crippen LogP contribution in [0.4, 0.5) is 15.8 Å². The van der Waals surface area contributed by atoms with Gasteiger partial charge in [0.15, 0.2) is 0 Å². The normalized spacial score (nSPS) is 13.9. The predicted molar refractivity (Wildman–Crippen MR) is 121 cm³/mol. The molecule has 0 aliphatic carbocycles. The predicted octanol–water partition coefficient (Wildman–Crippen LogP) is 5.46. The SMILES string of the molecule is Cc1ccc(C2=C(Nc3cc(C)ccc3C)C(=O)N(c3ccc(F)cc3)C2=O)c(C)c1. The highest BCUT2D eigenvalue weighted by atomic mass is 19.1. The van der Waals surface area contributed by atoms with E-state index in [-0.39, 0.29) is 5.70 Å². The number of hydrogen-bond donors (Lipinski definition) is 1.